The van der Waals surface area contributed by atoms with E-state index in [0.29, 0.717) is 12.2 Å². The second-order valence-corrected chi connectivity index (χ2v) is 7.23. The zero-order valence-corrected chi connectivity index (χ0v) is 17.8. The fourth-order valence-electron chi connectivity index (χ4n) is 2.97. The van der Waals surface area contributed by atoms with Crippen molar-refractivity contribution in [3.8, 4) is 5.75 Å². The first-order valence-electron chi connectivity index (χ1n) is 9.73. The first kappa shape index (κ1) is 23.7. The third kappa shape index (κ3) is 7.98. The molecule has 7 heteroatoms. The fourth-order valence-corrected chi connectivity index (χ4v) is 2.97. The molecular weight excluding hydrogens is 398 g/mol. The molecule has 0 aliphatic rings. The second kappa shape index (κ2) is 11.6. The molecule has 0 aliphatic heterocycles. The standard InChI is InChI=1S/C20H23NO2.C4H4O4/c1-15-12-18(13-16-6-4-5-7-19(15)16)23-20(8-10-21(2)3)17-9-11-22-14-17;5-3(6)1-2-4(7)8/h4-7,9,11-14,20H,8,10H2,1-3H3;1-2H,(H,5,6)(H,7,8). The van der Waals surface area contributed by atoms with Crippen LogP contribution in [0.4, 0.5) is 0 Å². The summed E-state index contributed by atoms with van der Waals surface area (Å²) < 4.78 is 11.6. The van der Waals surface area contributed by atoms with Gasteiger partial charge in [-0.05, 0) is 55.6 Å². The number of carboxylic acids is 2. The maximum Gasteiger partial charge on any atom is 0.328 e. The number of carboxylic acid groups (broad SMARTS) is 2. The Labute approximate surface area is 181 Å². The predicted octanol–water partition coefficient (Wildman–Crippen LogP) is 4.52. The second-order valence-electron chi connectivity index (χ2n) is 7.23. The van der Waals surface area contributed by atoms with Gasteiger partial charge in [-0.3, -0.25) is 0 Å². The third-order valence-electron chi connectivity index (χ3n) is 4.44. The molecule has 2 N–H and O–H groups in total. The van der Waals surface area contributed by atoms with E-state index in [1.807, 2.05) is 6.07 Å². The highest BCUT2D eigenvalue weighted by atomic mass is 16.5. The van der Waals surface area contributed by atoms with E-state index in [0.717, 1.165) is 24.3 Å². The Balaban J connectivity index is 0.000000366. The molecule has 3 aromatic rings. The van der Waals surface area contributed by atoms with Crippen LogP contribution in [0.1, 0.15) is 23.7 Å². The van der Waals surface area contributed by atoms with Crippen molar-refractivity contribution in [3.05, 3.63) is 78.3 Å². The van der Waals surface area contributed by atoms with Gasteiger partial charge in [0.1, 0.15) is 11.9 Å². The molecule has 0 aliphatic carbocycles. The summed E-state index contributed by atoms with van der Waals surface area (Å²) >= 11 is 0. The first-order chi connectivity index (χ1) is 14.8. The molecule has 164 valence electrons. The van der Waals surface area contributed by atoms with Gasteiger partial charge >= 0.3 is 11.9 Å². The van der Waals surface area contributed by atoms with Crippen molar-refractivity contribution < 1.29 is 29.0 Å². The maximum atomic E-state index is 9.55. The molecule has 0 spiro atoms. The van der Waals surface area contributed by atoms with Crippen LogP contribution in [0.25, 0.3) is 10.8 Å². The van der Waals surface area contributed by atoms with Crippen LogP contribution in [-0.4, -0.2) is 47.7 Å². The number of ether oxygens (including phenoxy) is 1. The topological polar surface area (TPSA) is 100 Å². The highest BCUT2D eigenvalue weighted by Gasteiger charge is 2.16. The number of aliphatic carboxylic acids is 2. The minimum Gasteiger partial charge on any atom is -0.486 e. The van der Waals surface area contributed by atoms with Gasteiger partial charge in [0.05, 0.1) is 12.5 Å². The summed E-state index contributed by atoms with van der Waals surface area (Å²) in [6, 6.07) is 14.6. The van der Waals surface area contributed by atoms with Crippen LogP contribution < -0.4 is 4.74 Å². The number of benzene rings is 2. The summed E-state index contributed by atoms with van der Waals surface area (Å²) in [5, 5.41) is 18.1. The van der Waals surface area contributed by atoms with E-state index >= 15 is 0 Å². The highest BCUT2D eigenvalue weighted by molar-refractivity contribution is 5.89. The molecule has 1 atom stereocenters. The van der Waals surface area contributed by atoms with Gasteiger partial charge in [-0.25, -0.2) is 9.59 Å². The van der Waals surface area contributed by atoms with Crippen molar-refractivity contribution in [2.45, 2.75) is 19.4 Å². The Bertz CT molecular complexity index is 1010. The van der Waals surface area contributed by atoms with Crippen LogP contribution in [0.2, 0.25) is 0 Å². The number of fused-ring (bicyclic) bond motifs is 1. The van der Waals surface area contributed by atoms with Crippen LogP contribution >= 0.6 is 0 Å². The minimum absolute atomic E-state index is 0.00304. The quantitative estimate of drug-likeness (QED) is 0.512. The summed E-state index contributed by atoms with van der Waals surface area (Å²) in [6.45, 7) is 3.09. The van der Waals surface area contributed by atoms with Gasteiger partial charge in [0.2, 0.25) is 0 Å². The number of hydrogen-bond acceptors (Lipinski definition) is 5. The molecule has 31 heavy (non-hydrogen) atoms. The lowest BCUT2D eigenvalue weighted by atomic mass is 10.0. The lowest BCUT2D eigenvalue weighted by Crippen LogP contribution is -2.18. The Morgan fingerprint density at radius 2 is 1.77 bits per heavy atom. The lowest BCUT2D eigenvalue weighted by molar-refractivity contribution is -0.134. The number of carbonyl (C=O) groups is 2. The van der Waals surface area contributed by atoms with Crippen molar-refractivity contribution in [1.82, 2.24) is 4.90 Å². The van der Waals surface area contributed by atoms with E-state index in [1.165, 1.54) is 16.3 Å². The van der Waals surface area contributed by atoms with E-state index < -0.39 is 11.9 Å². The molecule has 7 nitrogen and oxygen atoms in total. The van der Waals surface area contributed by atoms with Crippen LogP contribution in [0.5, 0.6) is 5.75 Å². The summed E-state index contributed by atoms with van der Waals surface area (Å²) in [5.74, 6) is -1.61. The Kier molecular flexibility index (Phi) is 8.84. The Morgan fingerprint density at radius 3 is 2.35 bits per heavy atom. The SMILES string of the molecule is Cc1cc(OC(CCN(C)C)c2ccoc2)cc2ccccc12.O=C(O)C=CC(=O)O. The van der Waals surface area contributed by atoms with Crippen LogP contribution in [-0.2, 0) is 9.59 Å². The molecule has 0 bridgehead atoms. The average Bonchev–Trinajstić information content (AvgIpc) is 3.25. The molecule has 3 rings (SSSR count). The van der Waals surface area contributed by atoms with Crippen molar-refractivity contribution >= 4 is 22.7 Å². The normalized spacial score (nSPS) is 11.9. The summed E-state index contributed by atoms with van der Waals surface area (Å²) in [4.78, 5) is 21.3. The molecule has 0 saturated heterocycles. The number of nitrogens with zero attached hydrogens (tertiary/aromatic N) is 1. The fraction of sp³-hybridized carbons (Fsp3) is 0.250. The molecule has 0 amide bonds. The van der Waals surface area contributed by atoms with Gasteiger partial charge < -0.3 is 24.3 Å². The largest absolute Gasteiger partial charge is 0.486 e. The van der Waals surface area contributed by atoms with Gasteiger partial charge in [-0.15, -0.1) is 0 Å². The van der Waals surface area contributed by atoms with Gasteiger partial charge in [0.15, 0.2) is 0 Å². The molecular formula is C24H27NO6. The van der Waals surface area contributed by atoms with Gasteiger partial charge in [0, 0.05) is 30.7 Å². The van der Waals surface area contributed by atoms with Crippen molar-refractivity contribution in [2.75, 3.05) is 20.6 Å². The number of aryl methyl sites for hydroxylation is 1. The molecule has 1 aromatic heterocycles. The van der Waals surface area contributed by atoms with E-state index in [9.17, 15) is 9.59 Å². The minimum atomic E-state index is -1.26. The van der Waals surface area contributed by atoms with Crippen molar-refractivity contribution in [3.63, 3.8) is 0 Å². The molecule has 1 heterocycles. The van der Waals surface area contributed by atoms with E-state index in [2.05, 4.69) is 62.3 Å². The van der Waals surface area contributed by atoms with E-state index in [1.54, 1.807) is 12.5 Å². The first-order valence-corrected chi connectivity index (χ1v) is 9.73. The summed E-state index contributed by atoms with van der Waals surface area (Å²) in [5.41, 5.74) is 2.31. The highest BCUT2D eigenvalue weighted by Crippen LogP contribution is 2.30. The van der Waals surface area contributed by atoms with Crippen LogP contribution in [0, 0.1) is 6.92 Å². The van der Waals surface area contributed by atoms with E-state index in [-0.39, 0.29) is 6.10 Å². The molecule has 2 aromatic carbocycles. The van der Waals surface area contributed by atoms with Crippen molar-refractivity contribution in [1.29, 1.82) is 0 Å². The molecule has 0 fully saturated rings. The molecule has 0 radical (unpaired) electrons. The monoisotopic (exact) mass is 425 g/mol. The van der Waals surface area contributed by atoms with E-state index in [4.69, 9.17) is 19.4 Å². The predicted molar refractivity (Wildman–Crippen MR) is 118 cm³/mol. The zero-order chi connectivity index (χ0) is 22.8. The Hall–Kier alpha value is -3.58. The molecule has 1 unspecified atom stereocenters. The molecule has 0 saturated carbocycles. The summed E-state index contributed by atoms with van der Waals surface area (Å²) in [6.07, 6.45) is 5.50. The van der Waals surface area contributed by atoms with Gasteiger partial charge in [0.25, 0.3) is 0 Å². The van der Waals surface area contributed by atoms with Crippen molar-refractivity contribution in [2.24, 2.45) is 0 Å². The number of furan rings is 1. The maximum absolute atomic E-state index is 9.55. The average molecular weight is 425 g/mol. The zero-order valence-electron chi connectivity index (χ0n) is 17.8. The lowest BCUT2D eigenvalue weighted by Gasteiger charge is -2.21. The van der Waals surface area contributed by atoms with Gasteiger partial charge in [-0.1, -0.05) is 24.3 Å². The number of rotatable bonds is 8. The van der Waals surface area contributed by atoms with Gasteiger partial charge in [-0.2, -0.15) is 0 Å². The Morgan fingerprint density at radius 1 is 1.10 bits per heavy atom. The number of hydrogen-bond donors (Lipinski definition) is 2. The van der Waals surface area contributed by atoms with Crippen LogP contribution in [0.3, 0.4) is 0 Å². The third-order valence-corrected chi connectivity index (χ3v) is 4.44. The smallest absolute Gasteiger partial charge is 0.328 e. The summed E-state index contributed by atoms with van der Waals surface area (Å²) in [7, 11) is 4.15. The van der Waals surface area contributed by atoms with Crippen LogP contribution in [0.15, 0.2) is 71.6 Å².